The Morgan fingerprint density at radius 3 is 1.75 bits per heavy atom. The minimum absolute atomic E-state index is 0.545. The van der Waals surface area contributed by atoms with Crippen LogP contribution in [0.2, 0.25) is 5.02 Å². The van der Waals surface area contributed by atoms with Crippen molar-refractivity contribution in [1.82, 2.24) is 15.0 Å². The van der Waals surface area contributed by atoms with Crippen molar-refractivity contribution >= 4 is 55.5 Å². The lowest BCUT2D eigenvalue weighted by atomic mass is 10.0. The summed E-state index contributed by atoms with van der Waals surface area (Å²) in [7, 11) is 0. The van der Waals surface area contributed by atoms with Crippen LogP contribution in [0.4, 0.5) is 0 Å². The van der Waals surface area contributed by atoms with Gasteiger partial charge in [0.05, 0.1) is 5.02 Å². The number of halogens is 1. The van der Waals surface area contributed by atoms with E-state index in [9.17, 15) is 0 Å². The molecule has 0 unspecified atom stereocenters. The van der Waals surface area contributed by atoms with E-state index in [0.717, 1.165) is 77.2 Å². The van der Waals surface area contributed by atoms with Crippen LogP contribution in [0.15, 0.2) is 167 Å². The second-order valence-corrected chi connectivity index (χ2v) is 12.9. The third-order valence-corrected chi connectivity index (χ3v) is 9.74. The molecule has 0 spiro atoms. The van der Waals surface area contributed by atoms with Gasteiger partial charge < -0.3 is 8.83 Å². The maximum Gasteiger partial charge on any atom is 0.164 e. The lowest BCUT2D eigenvalue weighted by Crippen LogP contribution is -2.00. The lowest BCUT2D eigenvalue weighted by Gasteiger charge is -2.10. The molecule has 3 aromatic heterocycles. The van der Waals surface area contributed by atoms with Crippen LogP contribution in [0.3, 0.4) is 0 Å². The summed E-state index contributed by atoms with van der Waals surface area (Å²) in [4.78, 5) is 15.4. The van der Waals surface area contributed by atoms with Crippen molar-refractivity contribution in [2.24, 2.45) is 0 Å². The molecule has 0 N–H and O–H groups in total. The molecule has 0 aliphatic rings. The monoisotopic (exact) mass is 675 g/mol. The highest BCUT2D eigenvalue weighted by atomic mass is 35.5. The Balaban J connectivity index is 1.19. The molecular weight excluding hydrogens is 650 g/mol. The van der Waals surface area contributed by atoms with Crippen molar-refractivity contribution in [3.8, 4) is 56.4 Å². The predicted octanol–water partition coefficient (Wildman–Crippen LogP) is 12.7. The first kappa shape index (κ1) is 29.4. The second kappa shape index (κ2) is 11.8. The molecule has 0 saturated carbocycles. The van der Waals surface area contributed by atoms with Crippen LogP contribution < -0.4 is 0 Å². The van der Waals surface area contributed by atoms with Gasteiger partial charge in [-0.15, -0.1) is 0 Å². The summed E-state index contributed by atoms with van der Waals surface area (Å²) in [5.41, 5.74) is 9.90. The summed E-state index contributed by atoms with van der Waals surface area (Å²) < 4.78 is 12.5. The minimum atomic E-state index is 0.545. The number of aromatic nitrogens is 3. The predicted molar refractivity (Wildman–Crippen MR) is 207 cm³/mol. The molecule has 0 aliphatic carbocycles. The maximum atomic E-state index is 6.82. The second-order valence-electron chi connectivity index (χ2n) is 12.5. The fraction of sp³-hybridized carbons (Fsp3) is 0. The fourth-order valence-electron chi connectivity index (χ4n) is 6.93. The largest absolute Gasteiger partial charge is 0.456 e. The van der Waals surface area contributed by atoms with Gasteiger partial charge in [-0.05, 0) is 53.1 Å². The summed E-state index contributed by atoms with van der Waals surface area (Å²) in [5.74, 6) is 1.68. The number of benzene rings is 7. The lowest BCUT2D eigenvalue weighted by molar-refractivity contribution is 0.668. The smallest absolute Gasteiger partial charge is 0.164 e. The molecule has 0 bridgehead atoms. The molecule has 7 aromatic carbocycles. The van der Waals surface area contributed by atoms with Gasteiger partial charge in [-0.3, -0.25) is 0 Å². The van der Waals surface area contributed by atoms with Crippen molar-refractivity contribution in [3.63, 3.8) is 0 Å². The van der Waals surface area contributed by atoms with E-state index in [-0.39, 0.29) is 0 Å². The molecule has 0 fully saturated rings. The number of para-hydroxylation sites is 1. The molecule has 0 saturated heterocycles. The van der Waals surface area contributed by atoms with Gasteiger partial charge in [0, 0.05) is 49.9 Å². The van der Waals surface area contributed by atoms with Gasteiger partial charge in [0.1, 0.15) is 22.3 Å². The Hall–Kier alpha value is -6.56. The Morgan fingerprint density at radius 1 is 0.353 bits per heavy atom. The first-order valence-electron chi connectivity index (χ1n) is 16.7. The summed E-state index contributed by atoms with van der Waals surface area (Å²) in [6.07, 6.45) is 0. The fourth-order valence-corrected chi connectivity index (χ4v) is 7.20. The zero-order valence-electron chi connectivity index (χ0n) is 27.0. The molecule has 0 amide bonds. The summed E-state index contributed by atoms with van der Waals surface area (Å²) in [6.45, 7) is 0. The molecule has 10 aromatic rings. The number of furan rings is 2. The van der Waals surface area contributed by atoms with E-state index >= 15 is 0 Å². The van der Waals surface area contributed by atoms with E-state index in [0.29, 0.717) is 28.1 Å². The first-order valence-corrected chi connectivity index (χ1v) is 17.1. The summed E-state index contributed by atoms with van der Waals surface area (Å²) >= 11 is 6.82. The molecule has 10 rings (SSSR count). The van der Waals surface area contributed by atoms with Crippen LogP contribution in [-0.4, -0.2) is 15.0 Å². The highest BCUT2D eigenvalue weighted by Gasteiger charge is 2.20. The van der Waals surface area contributed by atoms with Crippen LogP contribution in [0.5, 0.6) is 0 Å². The van der Waals surface area contributed by atoms with Crippen molar-refractivity contribution in [1.29, 1.82) is 0 Å². The van der Waals surface area contributed by atoms with E-state index in [4.69, 9.17) is 35.4 Å². The Bertz CT molecular complexity index is 2910. The highest BCUT2D eigenvalue weighted by molar-refractivity contribution is 6.34. The molecule has 6 heteroatoms. The zero-order chi connectivity index (χ0) is 33.9. The maximum absolute atomic E-state index is 6.82. The average molecular weight is 676 g/mol. The van der Waals surface area contributed by atoms with Gasteiger partial charge in [-0.1, -0.05) is 127 Å². The van der Waals surface area contributed by atoms with Crippen molar-refractivity contribution < 1.29 is 8.83 Å². The van der Waals surface area contributed by atoms with Crippen molar-refractivity contribution in [2.45, 2.75) is 0 Å². The van der Waals surface area contributed by atoms with E-state index in [1.807, 2.05) is 91.0 Å². The zero-order valence-corrected chi connectivity index (χ0v) is 27.8. The Morgan fingerprint density at radius 2 is 0.941 bits per heavy atom. The number of fused-ring (bicyclic) bond motifs is 6. The van der Waals surface area contributed by atoms with Gasteiger partial charge in [-0.25, -0.2) is 15.0 Å². The van der Waals surface area contributed by atoms with Crippen LogP contribution in [-0.2, 0) is 0 Å². The van der Waals surface area contributed by atoms with Gasteiger partial charge in [0.25, 0.3) is 0 Å². The molecule has 0 radical (unpaired) electrons. The van der Waals surface area contributed by atoms with Crippen LogP contribution >= 0.6 is 11.6 Å². The SMILES string of the molecule is Clc1cc2oc3cccc(-c4nc(-c5ccc(-c6ccccc6)cc5)nc(-c5ccc6oc7ccccc7c6c5)n4)c3c2cc1-c1ccccc1. The van der Waals surface area contributed by atoms with Gasteiger partial charge in [0.2, 0.25) is 0 Å². The van der Waals surface area contributed by atoms with E-state index in [1.165, 1.54) is 0 Å². The summed E-state index contributed by atoms with van der Waals surface area (Å²) in [6, 6.07) is 53.0. The third kappa shape index (κ3) is 5.06. The quantitative estimate of drug-likeness (QED) is 0.182. The number of hydrogen-bond acceptors (Lipinski definition) is 5. The van der Waals surface area contributed by atoms with Gasteiger partial charge in [0.15, 0.2) is 17.5 Å². The van der Waals surface area contributed by atoms with E-state index in [1.54, 1.807) is 0 Å². The standard InChI is InChI=1S/C45H26ClN3O2/c46-37-26-41-36(25-34(37)29-12-5-2-6-13-29)42-33(15-9-17-40(42)51-41)45-48-43(30-20-18-28(19-21-30)27-10-3-1-4-11-27)47-44(49-45)31-22-23-39-35(24-31)32-14-7-8-16-38(32)50-39/h1-26H. The van der Waals surface area contributed by atoms with Crippen LogP contribution in [0.25, 0.3) is 100 Å². The minimum Gasteiger partial charge on any atom is -0.456 e. The number of hydrogen-bond donors (Lipinski definition) is 0. The highest BCUT2D eigenvalue weighted by Crippen LogP contribution is 2.41. The Kier molecular flexibility index (Phi) is 6.79. The van der Waals surface area contributed by atoms with Crippen LogP contribution in [0, 0.1) is 0 Å². The molecule has 0 atom stereocenters. The summed E-state index contributed by atoms with van der Waals surface area (Å²) in [5, 5.41) is 4.53. The van der Waals surface area contributed by atoms with Crippen LogP contribution in [0.1, 0.15) is 0 Å². The number of nitrogens with zero attached hydrogens (tertiary/aromatic N) is 3. The molecule has 5 nitrogen and oxygen atoms in total. The Labute approximate surface area is 297 Å². The topological polar surface area (TPSA) is 65.0 Å². The normalized spacial score (nSPS) is 11.6. The average Bonchev–Trinajstić information content (AvgIpc) is 3.75. The van der Waals surface area contributed by atoms with Crippen molar-refractivity contribution in [2.75, 3.05) is 0 Å². The molecular formula is C45H26ClN3O2. The number of rotatable bonds is 5. The molecule has 3 heterocycles. The third-order valence-electron chi connectivity index (χ3n) is 9.43. The van der Waals surface area contributed by atoms with Gasteiger partial charge >= 0.3 is 0 Å². The first-order chi connectivity index (χ1) is 25.2. The molecule has 51 heavy (non-hydrogen) atoms. The van der Waals surface area contributed by atoms with Crippen molar-refractivity contribution in [3.05, 3.63) is 163 Å². The van der Waals surface area contributed by atoms with Gasteiger partial charge in [-0.2, -0.15) is 0 Å². The molecule has 0 aliphatic heterocycles. The molecule has 240 valence electrons. The van der Waals surface area contributed by atoms with E-state index in [2.05, 4.69) is 66.7 Å². The van der Waals surface area contributed by atoms with E-state index < -0.39 is 0 Å².